The Labute approximate surface area is 213 Å². The SMILES string of the molecule is CCOC(=O)c1c(NC(=O)CSc2nnc(C3CC3c3ccccc3)n2C)sc2c1CCCCC2. The van der Waals surface area contributed by atoms with Crippen LogP contribution >= 0.6 is 23.1 Å². The normalized spacial score (nSPS) is 19.0. The van der Waals surface area contributed by atoms with Crippen LogP contribution in [-0.4, -0.2) is 39.0 Å². The second-order valence-electron chi connectivity index (χ2n) is 9.09. The van der Waals surface area contributed by atoms with Crippen LogP contribution in [0, 0.1) is 0 Å². The summed E-state index contributed by atoms with van der Waals surface area (Å²) in [4.78, 5) is 26.8. The summed E-state index contributed by atoms with van der Waals surface area (Å²) in [5.74, 6) is 1.51. The van der Waals surface area contributed by atoms with Crippen LogP contribution in [0.15, 0.2) is 35.5 Å². The number of fused-ring (bicyclic) bond motifs is 1. The number of hydrogen-bond acceptors (Lipinski definition) is 7. The van der Waals surface area contributed by atoms with E-state index < -0.39 is 0 Å². The summed E-state index contributed by atoms with van der Waals surface area (Å²) in [6, 6.07) is 10.5. The van der Waals surface area contributed by atoms with Crippen LogP contribution < -0.4 is 5.32 Å². The number of rotatable bonds is 8. The molecular weight excluding hydrogens is 480 g/mol. The topological polar surface area (TPSA) is 86.1 Å². The average molecular weight is 511 g/mol. The molecule has 2 aromatic heterocycles. The van der Waals surface area contributed by atoms with Gasteiger partial charge in [0.25, 0.3) is 0 Å². The Morgan fingerprint density at radius 1 is 1.14 bits per heavy atom. The highest BCUT2D eigenvalue weighted by Gasteiger charge is 2.43. The first kappa shape index (κ1) is 24.1. The summed E-state index contributed by atoms with van der Waals surface area (Å²) in [7, 11) is 1.96. The molecule has 2 unspecified atom stereocenters. The maximum absolute atomic E-state index is 12.9. The van der Waals surface area contributed by atoms with Crippen molar-refractivity contribution in [1.82, 2.24) is 14.8 Å². The fourth-order valence-electron chi connectivity index (χ4n) is 4.87. The van der Waals surface area contributed by atoms with E-state index in [2.05, 4.69) is 39.8 Å². The van der Waals surface area contributed by atoms with E-state index in [9.17, 15) is 9.59 Å². The summed E-state index contributed by atoms with van der Waals surface area (Å²) < 4.78 is 7.32. The second kappa shape index (κ2) is 10.5. The Morgan fingerprint density at radius 3 is 2.74 bits per heavy atom. The van der Waals surface area contributed by atoms with Gasteiger partial charge >= 0.3 is 5.97 Å². The van der Waals surface area contributed by atoms with Crippen molar-refractivity contribution >= 4 is 40.0 Å². The maximum atomic E-state index is 12.9. The van der Waals surface area contributed by atoms with E-state index in [4.69, 9.17) is 4.74 Å². The van der Waals surface area contributed by atoms with E-state index in [1.807, 2.05) is 17.7 Å². The molecule has 1 amide bonds. The summed E-state index contributed by atoms with van der Waals surface area (Å²) in [6.45, 7) is 2.12. The molecule has 0 bridgehead atoms. The van der Waals surface area contributed by atoms with Crippen LogP contribution in [0.4, 0.5) is 5.00 Å². The second-order valence-corrected chi connectivity index (χ2v) is 11.1. The molecule has 1 fully saturated rings. The van der Waals surface area contributed by atoms with Crippen molar-refractivity contribution < 1.29 is 14.3 Å². The summed E-state index contributed by atoms with van der Waals surface area (Å²) in [5.41, 5.74) is 2.94. The number of anilines is 1. The van der Waals surface area contributed by atoms with E-state index in [1.165, 1.54) is 33.5 Å². The number of carbonyl (C=O) groups is 2. The highest BCUT2D eigenvalue weighted by Crippen LogP contribution is 2.54. The van der Waals surface area contributed by atoms with Gasteiger partial charge in [0.15, 0.2) is 5.16 Å². The lowest BCUT2D eigenvalue weighted by Gasteiger charge is -2.08. The van der Waals surface area contributed by atoms with Crippen molar-refractivity contribution in [3.8, 4) is 0 Å². The van der Waals surface area contributed by atoms with Crippen LogP contribution in [0.2, 0.25) is 0 Å². The number of esters is 1. The van der Waals surface area contributed by atoms with Crippen molar-refractivity contribution in [2.75, 3.05) is 17.7 Å². The number of nitrogens with one attached hydrogen (secondary N) is 1. The van der Waals surface area contributed by atoms with E-state index in [1.54, 1.807) is 6.92 Å². The molecule has 0 saturated heterocycles. The zero-order valence-corrected chi connectivity index (χ0v) is 21.7. The number of nitrogens with zero attached hydrogens (tertiary/aromatic N) is 3. The summed E-state index contributed by atoms with van der Waals surface area (Å²) in [5, 5.41) is 13.1. The third-order valence-corrected chi connectivity index (χ3v) is 8.93. The van der Waals surface area contributed by atoms with E-state index >= 15 is 0 Å². The third-order valence-electron chi connectivity index (χ3n) is 6.70. The number of hydrogen-bond donors (Lipinski definition) is 1. The number of benzene rings is 1. The molecule has 2 atom stereocenters. The third kappa shape index (κ3) is 5.16. The fourth-order valence-corrected chi connectivity index (χ4v) is 6.88. The molecule has 5 rings (SSSR count). The van der Waals surface area contributed by atoms with Gasteiger partial charge in [-0.3, -0.25) is 4.79 Å². The van der Waals surface area contributed by atoms with Gasteiger partial charge in [-0.15, -0.1) is 21.5 Å². The Morgan fingerprint density at radius 2 is 1.94 bits per heavy atom. The number of amides is 1. The predicted molar refractivity (Wildman–Crippen MR) is 138 cm³/mol. The standard InChI is InChI=1S/C26H30N4O3S2/c1-3-33-25(32)22-17-12-8-5-9-13-20(17)35-24(22)27-21(31)15-34-26-29-28-23(30(26)2)19-14-18(19)16-10-6-4-7-11-16/h4,6-7,10-11,18-19H,3,5,8-9,12-15H2,1-2H3,(H,27,31). The minimum atomic E-state index is -0.342. The van der Waals surface area contributed by atoms with Crippen molar-refractivity contribution in [1.29, 1.82) is 0 Å². The fraction of sp³-hybridized carbons (Fsp3) is 0.462. The van der Waals surface area contributed by atoms with Gasteiger partial charge in [0.2, 0.25) is 5.91 Å². The highest BCUT2D eigenvalue weighted by molar-refractivity contribution is 7.99. The average Bonchev–Trinajstić information content (AvgIpc) is 3.52. The van der Waals surface area contributed by atoms with Crippen molar-refractivity contribution in [3.05, 3.63) is 57.7 Å². The lowest BCUT2D eigenvalue weighted by molar-refractivity contribution is -0.113. The monoisotopic (exact) mass is 510 g/mol. The lowest BCUT2D eigenvalue weighted by atomic mass is 10.1. The Hall–Kier alpha value is -2.65. The molecule has 0 aliphatic heterocycles. The molecule has 9 heteroatoms. The first-order valence-corrected chi connectivity index (χ1v) is 14.1. The number of aryl methyl sites for hydroxylation is 1. The highest BCUT2D eigenvalue weighted by atomic mass is 32.2. The number of thiophene rings is 1. The van der Waals surface area contributed by atoms with Crippen LogP contribution in [0.25, 0.3) is 0 Å². The van der Waals surface area contributed by atoms with Gasteiger partial charge in [-0.1, -0.05) is 48.5 Å². The van der Waals surface area contributed by atoms with Gasteiger partial charge in [0.1, 0.15) is 10.8 Å². The van der Waals surface area contributed by atoms with Gasteiger partial charge in [-0.2, -0.15) is 0 Å². The molecule has 0 radical (unpaired) electrons. The van der Waals surface area contributed by atoms with Crippen molar-refractivity contribution in [2.45, 2.75) is 62.4 Å². The van der Waals surface area contributed by atoms with Crippen LogP contribution in [-0.2, 0) is 29.4 Å². The minimum Gasteiger partial charge on any atom is -0.462 e. The lowest BCUT2D eigenvalue weighted by Crippen LogP contribution is -2.17. The van der Waals surface area contributed by atoms with Gasteiger partial charge < -0.3 is 14.6 Å². The largest absolute Gasteiger partial charge is 0.462 e. The molecule has 2 aliphatic carbocycles. The summed E-state index contributed by atoms with van der Waals surface area (Å²) >= 11 is 2.89. The molecule has 3 aromatic rings. The Bertz CT molecular complexity index is 1220. The van der Waals surface area contributed by atoms with Gasteiger partial charge in [-0.25, -0.2) is 4.79 Å². The van der Waals surface area contributed by atoms with Gasteiger partial charge in [-0.05, 0) is 56.1 Å². The first-order valence-electron chi connectivity index (χ1n) is 12.2. The number of thioether (sulfide) groups is 1. The van der Waals surface area contributed by atoms with Crippen LogP contribution in [0.1, 0.15) is 76.6 Å². The molecule has 2 aliphatic rings. The quantitative estimate of drug-likeness (QED) is 0.251. The molecule has 35 heavy (non-hydrogen) atoms. The zero-order chi connectivity index (χ0) is 24.4. The molecule has 184 valence electrons. The van der Waals surface area contributed by atoms with Gasteiger partial charge in [0.05, 0.1) is 17.9 Å². The maximum Gasteiger partial charge on any atom is 0.341 e. The van der Waals surface area contributed by atoms with E-state index in [-0.39, 0.29) is 17.6 Å². The smallest absolute Gasteiger partial charge is 0.341 e. The number of carbonyl (C=O) groups excluding carboxylic acids is 2. The summed E-state index contributed by atoms with van der Waals surface area (Å²) in [6.07, 6.45) is 6.20. The van der Waals surface area contributed by atoms with Gasteiger partial charge in [0, 0.05) is 17.8 Å². The number of aromatic nitrogens is 3. The van der Waals surface area contributed by atoms with E-state index in [0.717, 1.165) is 55.1 Å². The minimum absolute atomic E-state index is 0.157. The van der Waals surface area contributed by atoms with Crippen LogP contribution in [0.5, 0.6) is 0 Å². The molecule has 2 heterocycles. The molecule has 0 spiro atoms. The Balaban J connectivity index is 1.24. The number of ether oxygens (including phenoxy) is 1. The zero-order valence-electron chi connectivity index (χ0n) is 20.1. The molecule has 1 saturated carbocycles. The first-order chi connectivity index (χ1) is 17.1. The predicted octanol–water partition coefficient (Wildman–Crippen LogP) is 5.32. The molecular formula is C26H30N4O3S2. The molecule has 1 N–H and O–H groups in total. The van der Waals surface area contributed by atoms with E-state index in [0.29, 0.717) is 29.0 Å². The molecule has 1 aromatic carbocycles. The van der Waals surface area contributed by atoms with Crippen molar-refractivity contribution in [3.63, 3.8) is 0 Å². The van der Waals surface area contributed by atoms with Crippen molar-refractivity contribution in [2.24, 2.45) is 7.05 Å². The van der Waals surface area contributed by atoms with Crippen LogP contribution in [0.3, 0.4) is 0 Å². The molecule has 7 nitrogen and oxygen atoms in total. The Kier molecular flexibility index (Phi) is 7.24.